The molecule has 8 heteroatoms. The molecule has 0 saturated carbocycles. The number of anilines is 1. The molecule has 0 aliphatic rings. The maximum atomic E-state index is 12.4. The summed E-state index contributed by atoms with van der Waals surface area (Å²) in [5.41, 5.74) is -0.124. The van der Waals surface area contributed by atoms with Gasteiger partial charge < -0.3 is 5.32 Å². The van der Waals surface area contributed by atoms with Gasteiger partial charge in [0.25, 0.3) is 5.56 Å². The lowest BCUT2D eigenvalue weighted by atomic mass is 10.2. The monoisotopic (exact) mass is 349 g/mol. The van der Waals surface area contributed by atoms with Crippen molar-refractivity contribution in [1.29, 1.82) is 0 Å². The standard InChI is InChI=1S/C16H19N3O4S/c1-4-9-17-14-10-15(20)18(2)16(21)19(14)11-12-5-7-13(8-6-12)24(3,22)23/h4-8,10,17H,1,9,11H2,2-3H3. The second-order valence-corrected chi connectivity index (χ2v) is 7.40. The van der Waals surface area contributed by atoms with Crippen molar-refractivity contribution in [3.8, 4) is 0 Å². The number of hydrogen-bond acceptors (Lipinski definition) is 5. The quantitative estimate of drug-likeness (QED) is 0.771. The van der Waals surface area contributed by atoms with E-state index >= 15 is 0 Å². The number of aromatic nitrogens is 2. The average molecular weight is 349 g/mol. The van der Waals surface area contributed by atoms with Crippen LogP contribution in [0.4, 0.5) is 5.82 Å². The molecule has 128 valence electrons. The minimum atomic E-state index is -3.27. The van der Waals surface area contributed by atoms with E-state index in [1.165, 1.54) is 29.8 Å². The zero-order chi connectivity index (χ0) is 17.9. The van der Waals surface area contributed by atoms with Crippen molar-refractivity contribution >= 4 is 15.7 Å². The van der Waals surface area contributed by atoms with E-state index in [-0.39, 0.29) is 11.4 Å². The van der Waals surface area contributed by atoms with Crippen molar-refractivity contribution in [3.05, 3.63) is 69.4 Å². The van der Waals surface area contributed by atoms with Crippen LogP contribution >= 0.6 is 0 Å². The third kappa shape index (κ3) is 3.83. The molecule has 7 nitrogen and oxygen atoms in total. The molecule has 2 rings (SSSR count). The van der Waals surface area contributed by atoms with Gasteiger partial charge in [0.05, 0.1) is 11.4 Å². The fourth-order valence-electron chi connectivity index (χ4n) is 2.17. The van der Waals surface area contributed by atoms with E-state index in [9.17, 15) is 18.0 Å². The van der Waals surface area contributed by atoms with Crippen molar-refractivity contribution < 1.29 is 8.42 Å². The summed E-state index contributed by atoms with van der Waals surface area (Å²) in [6.45, 7) is 4.20. The molecule has 0 spiro atoms. The number of rotatable bonds is 6. The Morgan fingerprint density at radius 1 is 1.21 bits per heavy atom. The van der Waals surface area contributed by atoms with Crippen LogP contribution in [0.3, 0.4) is 0 Å². The minimum Gasteiger partial charge on any atom is -0.368 e. The van der Waals surface area contributed by atoms with Crippen LogP contribution in [0.15, 0.2) is 57.5 Å². The van der Waals surface area contributed by atoms with Crippen molar-refractivity contribution in [2.24, 2.45) is 7.05 Å². The van der Waals surface area contributed by atoms with Gasteiger partial charge in [-0.1, -0.05) is 18.2 Å². The molecule has 1 aromatic heterocycles. The van der Waals surface area contributed by atoms with Crippen LogP contribution in [-0.4, -0.2) is 30.4 Å². The largest absolute Gasteiger partial charge is 0.368 e. The van der Waals surface area contributed by atoms with Gasteiger partial charge in [0.1, 0.15) is 5.82 Å². The van der Waals surface area contributed by atoms with E-state index in [4.69, 9.17) is 0 Å². The van der Waals surface area contributed by atoms with Gasteiger partial charge in [0, 0.05) is 25.9 Å². The van der Waals surface area contributed by atoms with Gasteiger partial charge in [-0.25, -0.2) is 13.2 Å². The SMILES string of the molecule is C=CCNc1cc(=O)n(C)c(=O)n1Cc1ccc(S(C)(=O)=O)cc1. The van der Waals surface area contributed by atoms with E-state index in [2.05, 4.69) is 11.9 Å². The highest BCUT2D eigenvalue weighted by Gasteiger charge is 2.11. The number of sulfone groups is 1. The van der Waals surface area contributed by atoms with Crippen LogP contribution in [0.2, 0.25) is 0 Å². The van der Waals surface area contributed by atoms with Crippen LogP contribution in [0.25, 0.3) is 0 Å². The van der Waals surface area contributed by atoms with Crippen LogP contribution < -0.4 is 16.6 Å². The summed E-state index contributed by atoms with van der Waals surface area (Å²) >= 11 is 0. The summed E-state index contributed by atoms with van der Waals surface area (Å²) in [7, 11) is -1.86. The highest BCUT2D eigenvalue weighted by atomic mass is 32.2. The smallest absolute Gasteiger partial charge is 0.332 e. The molecular weight excluding hydrogens is 330 g/mol. The van der Waals surface area contributed by atoms with Crippen molar-refractivity contribution in [1.82, 2.24) is 9.13 Å². The molecule has 0 amide bonds. The summed E-state index contributed by atoms with van der Waals surface area (Å²) in [5.74, 6) is 0.384. The number of hydrogen-bond donors (Lipinski definition) is 1. The third-order valence-corrected chi connectivity index (χ3v) is 4.65. The second-order valence-electron chi connectivity index (χ2n) is 5.38. The fourth-order valence-corrected chi connectivity index (χ4v) is 2.80. The first-order valence-corrected chi connectivity index (χ1v) is 9.08. The molecule has 0 fully saturated rings. The van der Waals surface area contributed by atoms with Gasteiger partial charge >= 0.3 is 5.69 Å². The lowest BCUT2D eigenvalue weighted by molar-refractivity contribution is 0.601. The highest BCUT2D eigenvalue weighted by molar-refractivity contribution is 7.90. The summed E-state index contributed by atoms with van der Waals surface area (Å²) in [4.78, 5) is 24.4. The number of benzene rings is 1. The zero-order valence-corrected chi connectivity index (χ0v) is 14.3. The van der Waals surface area contributed by atoms with Crippen LogP contribution in [0.5, 0.6) is 0 Å². The maximum absolute atomic E-state index is 12.4. The third-order valence-electron chi connectivity index (χ3n) is 3.52. The van der Waals surface area contributed by atoms with Gasteiger partial charge in [0.15, 0.2) is 9.84 Å². The molecule has 0 bridgehead atoms. The van der Waals surface area contributed by atoms with Crippen LogP contribution in [0, 0.1) is 0 Å². The highest BCUT2D eigenvalue weighted by Crippen LogP contribution is 2.12. The van der Waals surface area contributed by atoms with E-state index in [1.54, 1.807) is 18.2 Å². The molecule has 24 heavy (non-hydrogen) atoms. The number of nitrogens with zero attached hydrogens (tertiary/aromatic N) is 2. The molecule has 0 radical (unpaired) electrons. The zero-order valence-electron chi connectivity index (χ0n) is 13.5. The van der Waals surface area contributed by atoms with E-state index in [1.807, 2.05) is 0 Å². The molecule has 0 aliphatic carbocycles. The van der Waals surface area contributed by atoms with Crippen molar-refractivity contribution in [3.63, 3.8) is 0 Å². The Labute approximate surface area is 139 Å². The Bertz CT molecular complexity index is 970. The normalized spacial score (nSPS) is 11.2. The summed E-state index contributed by atoms with van der Waals surface area (Å²) in [5, 5.41) is 2.96. The average Bonchev–Trinajstić information content (AvgIpc) is 2.53. The maximum Gasteiger partial charge on any atom is 0.332 e. The molecule has 0 saturated heterocycles. The van der Waals surface area contributed by atoms with E-state index < -0.39 is 21.1 Å². The Morgan fingerprint density at radius 2 is 1.83 bits per heavy atom. The second kappa shape index (κ2) is 6.88. The topological polar surface area (TPSA) is 90.2 Å². The predicted octanol–water partition coefficient (Wildman–Crippen LogP) is 0.597. The van der Waals surface area contributed by atoms with Gasteiger partial charge in [-0.3, -0.25) is 13.9 Å². The molecule has 1 aromatic carbocycles. The predicted molar refractivity (Wildman–Crippen MR) is 93.3 cm³/mol. The first kappa shape index (κ1) is 17.7. The minimum absolute atomic E-state index is 0.205. The lowest BCUT2D eigenvalue weighted by Crippen LogP contribution is -2.39. The molecule has 2 aromatic rings. The van der Waals surface area contributed by atoms with Crippen LogP contribution in [-0.2, 0) is 23.4 Å². The summed E-state index contributed by atoms with van der Waals surface area (Å²) in [6.07, 6.45) is 2.75. The molecule has 0 unspecified atom stereocenters. The Hall–Kier alpha value is -2.61. The summed E-state index contributed by atoms with van der Waals surface area (Å²) in [6, 6.07) is 7.62. The molecule has 0 aliphatic heterocycles. The Kier molecular flexibility index (Phi) is 5.08. The van der Waals surface area contributed by atoms with Gasteiger partial charge in [-0.05, 0) is 17.7 Å². The van der Waals surface area contributed by atoms with Crippen molar-refractivity contribution in [2.75, 3.05) is 18.1 Å². The Balaban J connectivity index is 2.45. The molecule has 1 N–H and O–H groups in total. The molecular formula is C16H19N3O4S. The van der Waals surface area contributed by atoms with Gasteiger partial charge in [0.2, 0.25) is 0 Å². The van der Waals surface area contributed by atoms with Gasteiger partial charge in [-0.2, -0.15) is 0 Å². The molecule has 1 heterocycles. The first-order chi connectivity index (χ1) is 11.2. The van der Waals surface area contributed by atoms with E-state index in [0.717, 1.165) is 16.4 Å². The fraction of sp³-hybridized carbons (Fsp3) is 0.250. The van der Waals surface area contributed by atoms with Crippen molar-refractivity contribution in [2.45, 2.75) is 11.4 Å². The summed E-state index contributed by atoms with van der Waals surface area (Å²) < 4.78 is 25.4. The van der Waals surface area contributed by atoms with Gasteiger partial charge in [-0.15, -0.1) is 6.58 Å². The van der Waals surface area contributed by atoms with E-state index in [0.29, 0.717) is 12.4 Å². The lowest BCUT2D eigenvalue weighted by Gasteiger charge is -2.15. The number of nitrogens with one attached hydrogen (secondary N) is 1. The Morgan fingerprint density at radius 3 is 2.38 bits per heavy atom. The molecule has 0 atom stereocenters. The first-order valence-electron chi connectivity index (χ1n) is 7.18. The van der Waals surface area contributed by atoms with Crippen LogP contribution in [0.1, 0.15) is 5.56 Å².